The number of carbonyl (C=O) groups excluding carboxylic acids is 4. The largest absolute Gasteiger partial charge is 0.481 e. The van der Waals surface area contributed by atoms with Gasteiger partial charge in [0.15, 0.2) is 12.3 Å². The molecule has 2 atom stereocenters. The lowest BCUT2D eigenvalue weighted by atomic mass is 10.1. The zero-order valence-corrected chi connectivity index (χ0v) is 26.1. The molecule has 4 heterocycles. The monoisotopic (exact) mass is 650 g/mol. The fourth-order valence-electron chi connectivity index (χ4n) is 5.69. The predicted molar refractivity (Wildman–Crippen MR) is 165 cm³/mol. The number of benzene rings is 1. The minimum absolute atomic E-state index is 0.0915. The molecule has 1 aromatic carbocycles. The van der Waals surface area contributed by atoms with Gasteiger partial charge < -0.3 is 39.0 Å². The number of amides is 4. The third-order valence-electron chi connectivity index (χ3n) is 8.07. The van der Waals surface area contributed by atoms with Gasteiger partial charge in [-0.15, -0.1) is 0 Å². The quantitative estimate of drug-likeness (QED) is 0.296. The van der Waals surface area contributed by atoms with E-state index in [1.165, 1.54) is 20.5 Å². The first kappa shape index (κ1) is 33.0. The Hall–Kier alpha value is -5.34. The summed E-state index contributed by atoms with van der Waals surface area (Å²) in [5.74, 6) is -1.72. The van der Waals surface area contributed by atoms with Gasteiger partial charge in [-0.1, -0.05) is 18.2 Å². The van der Waals surface area contributed by atoms with Crippen LogP contribution in [0.5, 0.6) is 5.88 Å². The number of rotatable bonds is 12. The molecule has 2 N–H and O–H groups in total. The molecule has 2 fully saturated rings. The summed E-state index contributed by atoms with van der Waals surface area (Å²) in [4.78, 5) is 68.3. The van der Waals surface area contributed by atoms with Crippen LogP contribution in [-0.4, -0.2) is 111 Å². The van der Waals surface area contributed by atoms with E-state index in [1.807, 2.05) is 12.1 Å². The molecule has 1 unspecified atom stereocenters. The number of para-hydroxylation sites is 1. The number of piperazine rings is 1. The molecule has 15 nitrogen and oxygen atoms in total. The second-order valence-electron chi connectivity index (χ2n) is 11.1. The van der Waals surface area contributed by atoms with E-state index < -0.39 is 29.9 Å². The molecule has 2 aliphatic heterocycles. The van der Waals surface area contributed by atoms with Gasteiger partial charge in [-0.3, -0.25) is 19.2 Å². The van der Waals surface area contributed by atoms with E-state index in [0.717, 1.165) is 12.8 Å². The Labute approximate surface area is 271 Å². The number of carboxylic acid groups (broad SMARTS) is 1. The number of aromatic nitrogens is 2. The number of nitrogens with one attached hydrogen (secondary N) is 1. The second kappa shape index (κ2) is 15.3. The highest BCUT2D eigenvalue weighted by molar-refractivity contribution is 5.96. The summed E-state index contributed by atoms with van der Waals surface area (Å²) < 4.78 is 17.9. The average molecular weight is 651 g/mol. The summed E-state index contributed by atoms with van der Waals surface area (Å²) >= 11 is 0. The molecule has 2 aromatic heterocycles. The number of aliphatic carboxylic acids is 1. The van der Waals surface area contributed by atoms with Crippen molar-refractivity contribution >= 4 is 29.8 Å². The van der Waals surface area contributed by atoms with Crippen molar-refractivity contribution in [3.05, 3.63) is 66.2 Å². The number of carbonyl (C=O) groups is 5. The topological polar surface area (TPSA) is 177 Å². The van der Waals surface area contributed by atoms with E-state index in [4.69, 9.17) is 13.9 Å². The molecule has 3 aromatic rings. The number of nitrogens with zero attached hydrogens (tertiary/aromatic N) is 5. The number of hydrogen-bond acceptors (Lipinski definition) is 9. The highest BCUT2D eigenvalue weighted by Crippen LogP contribution is 2.32. The summed E-state index contributed by atoms with van der Waals surface area (Å²) in [6.45, 7) is 3.06. The summed E-state index contributed by atoms with van der Waals surface area (Å²) in [6, 6.07) is 12.5. The van der Waals surface area contributed by atoms with Crippen molar-refractivity contribution in [2.24, 2.45) is 0 Å². The molecule has 2 aliphatic rings. The Bertz CT molecular complexity index is 1550. The minimum Gasteiger partial charge on any atom is -0.481 e. The van der Waals surface area contributed by atoms with Crippen LogP contribution in [0.15, 0.2) is 59.2 Å². The van der Waals surface area contributed by atoms with E-state index in [9.17, 15) is 29.1 Å². The summed E-state index contributed by atoms with van der Waals surface area (Å²) in [5, 5.41) is 16.4. The first-order chi connectivity index (χ1) is 22.7. The maximum Gasteiger partial charge on any atom is 0.409 e. The standard InChI is InChI=1S/C32H38N6O9/c1-2-45-32(44)36-17-15-35(16-18-36)31(43)23(12-13-29(40)41)33-30(42)24-20-28(38(34-24)22-8-4-3-5-9-22)47-21-27(39)37-14-6-10-25(37)26-11-7-19-46-26/h3-5,7-9,11,19-20,23,25H,2,6,10,12-18,21H2,1H3,(H,33,42)(H,40,41)/t23?,25-/m0/s1. The van der Waals surface area contributed by atoms with Gasteiger partial charge in [0.1, 0.15) is 11.8 Å². The van der Waals surface area contributed by atoms with Gasteiger partial charge in [-0.25, -0.2) is 9.48 Å². The number of hydrogen-bond donors (Lipinski definition) is 2. The van der Waals surface area contributed by atoms with Crippen molar-refractivity contribution in [2.75, 3.05) is 45.9 Å². The molecule has 5 rings (SSSR count). The normalized spacial score (nSPS) is 16.9. The van der Waals surface area contributed by atoms with Crippen LogP contribution in [0.4, 0.5) is 4.79 Å². The Balaban J connectivity index is 1.29. The van der Waals surface area contributed by atoms with Crippen molar-refractivity contribution in [1.82, 2.24) is 29.8 Å². The smallest absolute Gasteiger partial charge is 0.409 e. The second-order valence-corrected chi connectivity index (χ2v) is 11.1. The molecule has 0 saturated carbocycles. The van der Waals surface area contributed by atoms with Crippen LogP contribution in [0, 0.1) is 0 Å². The molecule has 250 valence electrons. The first-order valence-electron chi connectivity index (χ1n) is 15.6. The highest BCUT2D eigenvalue weighted by Gasteiger charge is 2.33. The molecule has 0 spiro atoms. The summed E-state index contributed by atoms with van der Waals surface area (Å²) in [7, 11) is 0. The van der Waals surface area contributed by atoms with Crippen molar-refractivity contribution in [3.63, 3.8) is 0 Å². The fraction of sp³-hybridized carbons (Fsp3) is 0.438. The van der Waals surface area contributed by atoms with Crippen LogP contribution in [0.25, 0.3) is 5.69 Å². The molecule has 0 bridgehead atoms. The van der Waals surface area contributed by atoms with E-state index in [0.29, 0.717) is 18.0 Å². The summed E-state index contributed by atoms with van der Waals surface area (Å²) in [5.41, 5.74) is 0.479. The van der Waals surface area contributed by atoms with Crippen LogP contribution < -0.4 is 10.1 Å². The predicted octanol–water partition coefficient (Wildman–Crippen LogP) is 2.47. The maximum absolute atomic E-state index is 13.5. The van der Waals surface area contributed by atoms with Crippen LogP contribution in [0.2, 0.25) is 0 Å². The van der Waals surface area contributed by atoms with Crippen LogP contribution in [0.1, 0.15) is 54.9 Å². The van der Waals surface area contributed by atoms with Crippen molar-refractivity contribution in [1.29, 1.82) is 0 Å². The third kappa shape index (κ3) is 8.09. The van der Waals surface area contributed by atoms with E-state index >= 15 is 0 Å². The number of furan rings is 1. The molecule has 4 amide bonds. The highest BCUT2D eigenvalue weighted by atomic mass is 16.6. The van der Waals surface area contributed by atoms with Gasteiger partial charge in [0, 0.05) is 45.2 Å². The van der Waals surface area contributed by atoms with Crippen LogP contribution in [0.3, 0.4) is 0 Å². The Morgan fingerprint density at radius 3 is 2.45 bits per heavy atom. The molecule has 0 radical (unpaired) electrons. The van der Waals surface area contributed by atoms with E-state index in [1.54, 1.807) is 48.4 Å². The lowest BCUT2D eigenvalue weighted by Crippen LogP contribution is -2.56. The van der Waals surface area contributed by atoms with Gasteiger partial charge >= 0.3 is 12.1 Å². The lowest BCUT2D eigenvalue weighted by Gasteiger charge is -2.35. The minimum atomic E-state index is -1.16. The van der Waals surface area contributed by atoms with E-state index in [-0.39, 0.29) is 75.8 Å². The first-order valence-corrected chi connectivity index (χ1v) is 15.6. The van der Waals surface area contributed by atoms with Gasteiger partial charge in [0.05, 0.1) is 24.6 Å². The Kier molecular flexibility index (Phi) is 10.8. The number of carboxylic acids is 1. The zero-order chi connectivity index (χ0) is 33.3. The Morgan fingerprint density at radius 2 is 1.77 bits per heavy atom. The molecular weight excluding hydrogens is 612 g/mol. The Morgan fingerprint density at radius 1 is 1.02 bits per heavy atom. The number of likely N-dealkylation sites (tertiary alicyclic amines) is 1. The molecule has 15 heteroatoms. The molecule has 0 aliphatic carbocycles. The van der Waals surface area contributed by atoms with Crippen molar-refractivity contribution < 1.29 is 43.0 Å². The molecular formula is C32H38N6O9. The maximum atomic E-state index is 13.5. The number of ether oxygens (including phenoxy) is 2. The average Bonchev–Trinajstić information content (AvgIpc) is 3.87. The molecule has 47 heavy (non-hydrogen) atoms. The van der Waals surface area contributed by atoms with Gasteiger partial charge in [-0.05, 0) is 50.5 Å². The molecule has 2 saturated heterocycles. The van der Waals surface area contributed by atoms with Gasteiger partial charge in [-0.2, -0.15) is 5.10 Å². The zero-order valence-electron chi connectivity index (χ0n) is 26.1. The fourth-order valence-corrected chi connectivity index (χ4v) is 5.69. The van der Waals surface area contributed by atoms with Crippen molar-refractivity contribution in [3.8, 4) is 11.6 Å². The summed E-state index contributed by atoms with van der Waals surface area (Å²) in [6.07, 6.45) is 2.19. The van der Waals surface area contributed by atoms with E-state index in [2.05, 4.69) is 10.4 Å². The SMILES string of the molecule is CCOC(=O)N1CCN(C(=O)C(CCC(=O)O)NC(=O)c2cc(OCC(=O)N3CCC[C@H]3c3ccco3)n(-c3ccccc3)n2)CC1. The van der Waals surface area contributed by atoms with Gasteiger partial charge in [0.2, 0.25) is 11.8 Å². The lowest BCUT2D eigenvalue weighted by molar-refractivity contribution is -0.138. The van der Waals surface area contributed by atoms with Crippen molar-refractivity contribution in [2.45, 2.75) is 44.7 Å². The van der Waals surface area contributed by atoms with Gasteiger partial charge in [0.25, 0.3) is 11.8 Å². The van der Waals surface area contributed by atoms with Crippen LogP contribution >= 0.6 is 0 Å². The third-order valence-corrected chi connectivity index (χ3v) is 8.07. The van der Waals surface area contributed by atoms with Crippen LogP contribution in [-0.2, 0) is 19.1 Å².